The Bertz CT molecular complexity index is 1500. The van der Waals surface area contributed by atoms with E-state index in [1.807, 2.05) is 86.6 Å². The standard InChI is InChI=1S/C29H24N2O4S/c1-3-35-21-14-15-22-24(17-21)36-29(30-22)31-26(20-12-9-18(2)10-13-20)25(27(33)28(31)34)23(32)16-11-19-7-5-4-6-8-19/h4-17,26,33H,3H2,1-2H3. The average Bonchev–Trinajstić information content (AvgIpc) is 3.42. The fourth-order valence-electron chi connectivity index (χ4n) is 4.20. The van der Waals surface area contributed by atoms with Crippen LogP contribution in [0.4, 0.5) is 5.13 Å². The number of anilines is 1. The number of aryl methyl sites for hydroxylation is 1. The maximum Gasteiger partial charge on any atom is 0.296 e. The van der Waals surface area contributed by atoms with Gasteiger partial charge in [-0.25, -0.2) is 4.98 Å². The molecule has 6 nitrogen and oxygen atoms in total. The number of benzene rings is 3. The predicted octanol–water partition coefficient (Wildman–Crippen LogP) is 6.19. The van der Waals surface area contributed by atoms with E-state index >= 15 is 0 Å². The number of amides is 1. The van der Waals surface area contributed by atoms with Gasteiger partial charge in [-0.2, -0.15) is 0 Å². The Morgan fingerprint density at radius 1 is 1.11 bits per heavy atom. The highest BCUT2D eigenvalue weighted by Gasteiger charge is 2.45. The Balaban J connectivity index is 1.58. The van der Waals surface area contributed by atoms with Crippen molar-refractivity contribution in [1.82, 2.24) is 4.98 Å². The lowest BCUT2D eigenvalue weighted by Crippen LogP contribution is -2.30. The van der Waals surface area contributed by atoms with E-state index in [0.29, 0.717) is 28.6 Å². The van der Waals surface area contributed by atoms with Gasteiger partial charge in [-0.05, 0) is 49.2 Å². The normalized spacial score (nSPS) is 15.9. The average molecular weight is 497 g/mol. The number of hydrogen-bond donors (Lipinski definition) is 1. The smallest absolute Gasteiger partial charge is 0.296 e. The van der Waals surface area contributed by atoms with Gasteiger partial charge in [-0.1, -0.05) is 77.6 Å². The number of aliphatic hydroxyl groups excluding tert-OH is 1. The third-order valence-electron chi connectivity index (χ3n) is 5.96. The molecule has 1 amide bonds. The molecule has 1 aromatic heterocycles. The number of aliphatic hydroxyl groups is 1. The van der Waals surface area contributed by atoms with Crippen molar-refractivity contribution in [3.8, 4) is 5.75 Å². The first-order valence-corrected chi connectivity index (χ1v) is 12.4. The summed E-state index contributed by atoms with van der Waals surface area (Å²) in [6.07, 6.45) is 3.07. The largest absolute Gasteiger partial charge is 0.503 e. The maximum atomic E-state index is 13.4. The van der Waals surface area contributed by atoms with E-state index in [9.17, 15) is 14.7 Å². The van der Waals surface area contributed by atoms with Crippen LogP contribution in [0.3, 0.4) is 0 Å². The summed E-state index contributed by atoms with van der Waals surface area (Å²) in [5, 5.41) is 11.3. The lowest BCUT2D eigenvalue weighted by molar-refractivity contribution is -0.117. The molecule has 5 rings (SSSR count). The van der Waals surface area contributed by atoms with E-state index in [1.165, 1.54) is 22.3 Å². The number of ether oxygens (including phenoxy) is 1. The summed E-state index contributed by atoms with van der Waals surface area (Å²) < 4.78 is 6.44. The molecule has 0 radical (unpaired) electrons. The molecule has 3 aromatic carbocycles. The molecule has 0 saturated carbocycles. The van der Waals surface area contributed by atoms with Gasteiger partial charge >= 0.3 is 0 Å². The van der Waals surface area contributed by atoms with Crippen LogP contribution in [0.2, 0.25) is 0 Å². The summed E-state index contributed by atoms with van der Waals surface area (Å²) in [6.45, 7) is 4.42. The van der Waals surface area contributed by atoms with Crippen LogP contribution < -0.4 is 9.64 Å². The second-order valence-corrected chi connectivity index (χ2v) is 9.43. The van der Waals surface area contributed by atoms with Crippen LogP contribution >= 0.6 is 11.3 Å². The first-order chi connectivity index (χ1) is 17.5. The lowest BCUT2D eigenvalue weighted by atomic mass is 9.95. The summed E-state index contributed by atoms with van der Waals surface area (Å²) in [6, 6.07) is 21.7. The number of allylic oxidation sites excluding steroid dienone is 1. The molecule has 0 fully saturated rings. The molecule has 1 aliphatic heterocycles. The van der Waals surface area contributed by atoms with Crippen LogP contribution in [0.15, 0.2) is 90.2 Å². The van der Waals surface area contributed by atoms with Crippen molar-refractivity contribution in [2.24, 2.45) is 0 Å². The highest BCUT2D eigenvalue weighted by Crippen LogP contribution is 2.44. The second-order valence-electron chi connectivity index (χ2n) is 8.42. The molecular weight excluding hydrogens is 472 g/mol. The monoisotopic (exact) mass is 496 g/mol. The fourth-order valence-corrected chi connectivity index (χ4v) is 5.22. The third-order valence-corrected chi connectivity index (χ3v) is 6.98. The molecule has 0 aliphatic carbocycles. The molecule has 1 N–H and O–H groups in total. The lowest BCUT2D eigenvalue weighted by Gasteiger charge is -2.24. The molecule has 0 saturated heterocycles. The van der Waals surface area contributed by atoms with Gasteiger partial charge in [0.2, 0.25) is 0 Å². The number of aromatic nitrogens is 1. The molecule has 7 heteroatoms. The summed E-state index contributed by atoms with van der Waals surface area (Å²) in [5.74, 6) is -0.929. The van der Waals surface area contributed by atoms with Gasteiger partial charge in [0, 0.05) is 0 Å². The first kappa shape index (κ1) is 23.5. The van der Waals surface area contributed by atoms with Gasteiger partial charge in [-0.15, -0.1) is 0 Å². The van der Waals surface area contributed by atoms with Crippen LogP contribution in [0.25, 0.3) is 16.3 Å². The topological polar surface area (TPSA) is 79.7 Å². The van der Waals surface area contributed by atoms with E-state index < -0.39 is 23.5 Å². The highest BCUT2D eigenvalue weighted by atomic mass is 32.1. The molecule has 1 unspecified atom stereocenters. The highest BCUT2D eigenvalue weighted by molar-refractivity contribution is 7.22. The fraction of sp³-hybridized carbons (Fsp3) is 0.138. The third kappa shape index (κ3) is 4.41. The number of carbonyl (C=O) groups excluding carboxylic acids is 2. The Morgan fingerprint density at radius 2 is 1.86 bits per heavy atom. The van der Waals surface area contributed by atoms with E-state index in [0.717, 1.165) is 15.8 Å². The van der Waals surface area contributed by atoms with E-state index in [4.69, 9.17) is 4.74 Å². The zero-order valence-corrected chi connectivity index (χ0v) is 20.7. The minimum absolute atomic E-state index is 0.0327. The number of rotatable bonds is 7. The SMILES string of the molecule is CCOc1ccc2nc(N3C(=O)C(O)=C(C(=O)C=Cc4ccccc4)C3c3ccc(C)cc3)sc2c1. The Hall–Kier alpha value is -4.23. The van der Waals surface area contributed by atoms with Crippen LogP contribution in [0.5, 0.6) is 5.75 Å². The number of carbonyl (C=O) groups is 2. The Morgan fingerprint density at radius 3 is 2.58 bits per heavy atom. The summed E-state index contributed by atoms with van der Waals surface area (Å²) in [4.78, 5) is 32.8. The number of ketones is 1. The zero-order valence-electron chi connectivity index (χ0n) is 19.8. The molecule has 36 heavy (non-hydrogen) atoms. The van der Waals surface area contributed by atoms with Gasteiger partial charge in [-0.3, -0.25) is 14.5 Å². The number of thiazole rings is 1. The van der Waals surface area contributed by atoms with Crippen molar-refractivity contribution in [1.29, 1.82) is 0 Å². The van der Waals surface area contributed by atoms with Gasteiger partial charge in [0.05, 0.1) is 28.4 Å². The molecule has 2 heterocycles. The number of fused-ring (bicyclic) bond motifs is 1. The quantitative estimate of drug-likeness (QED) is 0.309. The minimum Gasteiger partial charge on any atom is -0.503 e. The van der Waals surface area contributed by atoms with Crippen molar-refractivity contribution in [3.63, 3.8) is 0 Å². The predicted molar refractivity (Wildman–Crippen MR) is 142 cm³/mol. The first-order valence-electron chi connectivity index (χ1n) is 11.6. The van der Waals surface area contributed by atoms with Crippen LogP contribution in [0, 0.1) is 6.92 Å². The molecular formula is C29H24N2O4S. The molecule has 0 spiro atoms. The summed E-state index contributed by atoms with van der Waals surface area (Å²) in [5.41, 5.74) is 3.34. The van der Waals surface area contributed by atoms with E-state index in [2.05, 4.69) is 4.98 Å². The second kappa shape index (κ2) is 9.79. The van der Waals surface area contributed by atoms with Crippen molar-refractivity contribution in [2.45, 2.75) is 19.9 Å². The molecule has 1 aliphatic rings. The number of hydrogen-bond acceptors (Lipinski definition) is 6. The summed E-state index contributed by atoms with van der Waals surface area (Å²) >= 11 is 1.31. The van der Waals surface area contributed by atoms with Crippen molar-refractivity contribution in [2.75, 3.05) is 11.5 Å². The van der Waals surface area contributed by atoms with Crippen LogP contribution in [-0.4, -0.2) is 28.4 Å². The van der Waals surface area contributed by atoms with E-state index in [1.54, 1.807) is 6.08 Å². The summed E-state index contributed by atoms with van der Waals surface area (Å²) in [7, 11) is 0. The Kier molecular flexibility index (Phi) is 6.40. The van der Waals surface area contributed by atoms with Crippen LogP contribution in [-0.2, 0) is 9.59 Å². The van der Waals surface area contributed by atoms with Gasteiger partial charge in [0.1, 0.15) is 5.75 Å². The minimum atomic E-state index is -0.807. The number of nitrogens with zero attached hydrogens (tertiary/aromatic N) is 2. The van der Waals surface area contributed by atoms with Crippen LogP contribution in [0.1, 0.15) is 29.7 Å². The molecule has 1 atom stereocenters. The molecule has 4 aromatic rings. The molecule has 0 bridgehead atoms. The van der Waals surface area contributed by atoms with Crippen molar-refractivity contribution >= 4 is 44.5 Å². The Labute approximate surface area is 212 Å². The van der Waals surface area contributed by atoms with Gasteiger partial charge < -0.3 is 9.84 Å². The van der Waals surface area contributed by atoms with Gasteiger partial charge in [0.15, 0.2) is 16.7 Å². The van der Waals surface area contributed by atoms with Crippen molar-refractivity contribution in [3.05, 3.63) is 107 Å². The zero-order chi connectivity index (χ0) is 25.2. The molecule has 180 valence electrons. The van der Waals surface area contributed by atoms with Gasteiger partial charge in [0.25, 0.3) is 5.91 Å². The van der Waals surface area contributed by atoms with E-state index in [-0.39, 0.29) is 5.57 Å². The maximum absolute atomic E-state index is 13.4. The van der Waals surface area contributed by atoms with Crippen molar-refractivity contribution < 1.29 is 19.4 Å².